The summed E-state index contributed by atoms with van der Waals surface area (Å²) >= 11 is 0. The Morgan fingerprint density at radius 2 is 1.81 bits per heavy atom. The van der Waals surface area contributed by atoms with Crippen molar-refractivity contribution in [2.45, 2.75) is 25.3 Å². The molecule has 2 aromatic rings. The monoisotopic (exact) mass is 359 g/mol. The molecule has 138 valence electrons. The van der Waals surface area contributed by atoms with E-state index in [0.29, 0.717) is 12.2 Å². The second-order valence-corrected chi connectivity index (χ2v) is 6.25. The minimum atomic E-state index is -1.26. The predicted molar refractivity (Wildman–Crippen MR) is 97.7 cm³/mol. The number of rotatable bonds is 6. The number of nitrogens with zero attached hydrogens (tertiary/aromatic N) is 1. The van der Waals surface area contributed by atoms with Crippen LogP contribution in [0.3, 0.4) is 0 Å². The van der Waals surface area contributed by atoms with Crippen LogP contribution in [-0.4, -0.2) is 46.7 Å². The fourth-order valence-electron chi connectivity index (χ4n) is 2.66. The van der Waals surface area contributed by atoms with Crippen LogP contribution in [0.1, 0.15) is 18.4 Å². The number of carbonyl (C=O) groups is 2. The van der Waals surface area contributed by atoms with Gasteiger partial charge in [0.2, 0.25) is 0 Å². The van der Waals surface area contributed by atoms with Gasteiger partial charge in [-0.05, 0) is 54.8 Å². The van der Waals surface area contributed by atoms with Gasteiger partial charge in [-0.2, -0.15) is 0 Å². The zero-order chi connectivity index (χ0) is 19.1. The van der Waals surface area contributed by atoms with Gasteiger partial charge >= 0.3 is 11.9 Å². The number of hydrogen-bond donors (Lipinski definition) is 2. The van der Waals surface area contributed by atoms with E-state index < -0.39 is 11.9 Å². The molecule has 3 rings (SSSR count). The van der Waals surface area contributed by atoms with Crippen LogP contribution in [0.25, 0.3) is 10.8 Å². The van der Waals surface area contributed by atoms with Crippen molar-refractivity contribution in [3.05, 3.63) is 59.9 Å². The third-order valence-corrected chi connectivity index (χ3v) is 4.21. The number of hydrogen-bond acceptors (Lipinski definition) is 3. The molecule has 1 aliphatic rings. The van der Waals surface area contributed by atoms with Crippen LogP contribution in [0, 0.1) is 5.82 Å². The Kier molecular flexibility index (Phi) is 6.86. The normalized spacial score (nSPS) is 13.7. The predicted octanol–water partition coefficient (Wildman–Crippen LogP) is 3.33. The molecule has 0 amide bonds. The summed E-state index contributed by atoms with van der Waals surface area (Å²) in [7, 11) is 2.18. The maximum absolute atomic E-state index is 13.3. The molecule has 0 heterocycles. The fourth-order valence-corrected chi connectivity index (χ4v) is 2.66. The molecule has 0 aromatic heterocycles. The molecule has 26 heavy (non-hydrogen) atoms. The van der Waals surface area contributed by atoms with Gasteiger partial charge in [-0.3, -0.25) is 0 Å². The van der Waals surface area contributed by atoms with Crippen LogP contribution < -0.4 is 0 Å². The average Bonchev–Trinajstić information content (AvgIpc) is 3.43. The summed E-state index contributed by atoms with van der Waals surface area (Å²) in [6, 6.07) is 12.1. The van der Waals surface area contributed by atoms with Crippen molar-refractivity contribution in [2.75, 3.05) is 13.6 Å². The first-order chi connectivity index (χ1) is 12.4. The highest BCUT2D eigenvalue weighted by molar-refractivity contribution is 5.89. The van der Waals surface area contributed by atoms with Gasteiger partial charge in [0.15, 0.2) is 0 Å². The molecule has 1 saturated carbocycles. The Morgan fingerprint density at radius 3 is 2.38 bits per heavy atom. The van der Waals surface area contributed by atoms with Crippen molar-refractivity contribution in [3.8, 4) is 0 Å². The summed E-state index contributed by atoms with van der Waals surface area (Å²) in [5.74, 6) is -2.66. The number of likely N-dealkylation sites (N-methyl/N-ethyl adjacent to an activating group) is 1. The van der Waals surface area contributed by atoms with Crippen LogP contribution in [0.2, 0.25) is 0 Å². The van der Waals surface area contributed by atoms with Crippen LogP contribution >= 0.6 is 0 Å². The van der Waals surface area contributed by atoms with Crippen LogP contribution in [-0.2, 0) is 16.0 Å². The number of benzene rings is 2. The molecule has 0 bridgehead atoms. The molecule has 5 nitrogen and oxygen atoms in total. The first-order valence-electron chi connectivity index (χ1n) is 8.38. The molecule has 0 aliphatic heterocycles. The topological polar surface area (TPSA) is 77.8 Å². The minimum Gasteiger partial charge on any atom is -0.478 e. The highest BCUT2D eigenvalue weighted by Crippen LogP contribution is 2.26. The molecule has 0 radical (unpaired) electrons. The zero-order valence-electron chi connectivity index (χ0n) is 14.6. The summed E-state index contributed by atoms with van der Waals surface area (Å²) in [5.41, 5.74) is 1.25. The summed E-state index contributed by atoms with van der Waals surface area (Å²) in [5, 5.41) is 17.8. The Labute approximate surface area is 151 Å². The highest BCUT2D eigenvalue weighted by Gasteiger charge is 2.25. The van der Waals surface area contributed by atoms with Gasteiger partial charge in [-0.1, -0.05) is 24.3 Å². The van der Waals surface area contributed by atoms with Crippen molar-refractivity contribution >= 4 is 22.7 Å². The smallest absolute Gasteiger partial charge is 0.328 e. The number of halogens is 1. The second-order valence-electron chi connectivity index (χ2n) is 6.25. The molecule has 2 N–H and O–H groups in total. The summed E-state index contributed by atoms with van der Waals surface area (Å²) in [6.45, 7) is 1.06. The van der Waals surface area contributed by atoms with Crippen LogP contribution in [0.5, 0.6) is 0 Å². The van der Waals surface area contributed by atoms with E-state index in [1.165, 1.54) is 24.5 Å². The van der Waals surface area contributed by atoms with Crippen LogP contribution in [0.4, 0.5) is 4.39 Å². The van der Waals surface area contributed by atoms with Crippen molar-refractivity contribution < 1.29 is 24.2 Å². The van der Waals surface area contributed by atoms with Gasteiger partial charge in [0.25, 0.3) is 0 Å². The fraction of sp³-hybridized carbons (Fsp3) is 0.300. The minimum absolute atomic E-state index is 0.148. The molecular formula is C20H22FNO4. The molecular weight excluding hydrogens is 337 g/mol. The van der Waals surface area contributed by atoms with Gasteiger partial charge in [0.1, 0.15) is 5.82 Å². The van der Waals surface area contributed by atoms with E-state index in [-0.39, 0.29) is 5.82 Å². The lowest BCUT2D eigenvalue weighted by Crippen LogP contribution is -2.23. The van der Waals surface area contributed by atoms with Crippen molar-refractivity contribution in [1.29, 1.82) is 0 Å². The van der Waals surface area contributed by atoms with Crippen molar-refractivity contribution in [1.82, 2.24) is 4.90 Å². The largest absolute Gasteiger partial charge is 0.478 e. The van der Waals surface area contributed by atoms with Crippen molar-refractivity contribution in [3.63, 3.8) is 0 Å². The molecule has 1 aliphatic carbocycles. The Morgan fingerprint density at radius 1 is 1.15 bits per heavy atom. The lowest BCUT2D eigenvalue weighted by molar-refractivity contribution is -0.134. The summed E-state index contributed by atoms with van der Waals surface area (Å²) in [6.07, 6.45) is 4.78. The number of carboxylic acids is 2. The van der Waals surface area contributed by atoms with Gasteiger partial charge in [0.05, 0.1) is 0 Å². The van der Waals surface area contributed by atoms with E-state index in [9.17, 15) is 14.0 Å². The standard InChI is InChI=1S/C16H18FN.C4H4O4/c1-18(15-7-8-15)10-9-13-4-2-3-12-5-6-14(17)11-16(12)13;5-3(6)1-2-4(7)8/h2-6,11,15H,7-10H2,1H3;1-2H,(H,5,6)(H,7,8)/b;2-1+. The highest BCUT2D eigenvalue weighted by atomic mass is 19.1. The Bertz CT molecular complexity index is 799. The molecule has 0 atom stereocenters. The van der Waals surface area contributed by atoms with Gasteiger partial charge in [-0.25, -0.2) is 14.0 Å². The third kappa shape index (κ3) is 6.29. The number of fused-ring (bicyclic) bond motifs is 1. The number of carboxylic acid groups (broad SMARTS) is 2. The molecule has 2 aromatic carbocycles. The molecule has 0 saturated heterocycles. The molecule has 1 fully saturated rings. The summed E-state index contributed by atoms with van der Waals surface area (Å²) < 4.78 is 13.3. The quantitative estimate of drug-likeness (QED) is 0.774. The maximum Gasteiger partial charge on any atom is 0.328 e. The first-order valence-corrected chi connectivity index (χ1v) is 8.38. The van der Waals surface area contributed by atoms with E-state index in [1.54, 1.807) is 6.07 Å². The molecule has 0 unspecified atom stereocenters. The van der Waals surface area contributed by atoms with E-state index in [0.717, 1.165) is 29.8 Å². The molecule has 6 heteroatoms. The lowest BCUT2D eigenvalue weighted by atomic mass is 10.0. The maximum atomic E-state index is 13.3. The molecule has 0 spiro atoms. The SMILES string of the molecule is CN(CCc1cccc2ccc(F)cc12)C1CC1.O=C(O)/C=C/C(=O)O. The van der Waals surface area contributed by atoms with Crippen LogP contribution in [0.15, 0.2) is 48.6 Å². The van der Waals surface area contributed by atoms with E-state index in [2.05, 4.69) is 24.1 Å². The Hall–Kier alpha value is -2.73. The van der Waals surface area contributed by atoms with Gasteiger partial charge in [-0.15, -0.1) is 0 Å². The third-order valence-electron chi connectivity index (χ3n) is 4.21. The van der Waals surface area contributed by atoms with E-state index in [4.69, 9.17) is 10.2 Å². The lowest BCUT2D eigenvalue weighted by Gasteiger charge is -2.16. The summed E-state index contributed by atoms with van der Waals surface area (Å²) in [4.78, 5) is 21.5. The van der Waals surface area contributed by atoms with Gasteiger partial charge < -0.3 is 15.1 Å². The second kappa shape index (κ2) is 9.10. The van der Waals surface area contributed by atoms with Crippen molar-refractivity contribution in [2.24, 2.45) is 0 Å². The zero-order valence-corrected chi connectivity index (χ0v) is 14.6. The Balaban J connectivity index is 0.000000260. The van der Waals surface area contributed by atoms with Gasteiger partial charge in [0, 0.05) is 24.7 Å². The first kappa shape index (κ1) is 19.6. The van der Waals surface area contributed by atoms with E-state index in [1.807, 2.05) is 12.1 Å². The average molecular weight is 359 g/mol. The number of aliphatic carboxylic acids is 2. The van der Waals surface area contributed by atoms with E-state index >= 15 is 0 Å².